The molecule has 1 aliphatic carbocycles. The van der Waals surface area contributed by atoms with Crippen LogP contribution in [0.2, 0.25) is 0 Å². The van der Waals surface area contributed by atoms with Gasteiger partial charge in [-0.2, -0.15) is 0 Å². The summed E-state index contributed by atoms with van der Waals surface area (Å²) < 4.78 is 11.0. The van der Waals surface area contributed by atoms with Crippen LogP contribution >= 0.6 is 12.2 Å². The highest BCUT2D eigenvalue weighted by Crippen LogP contribution is 2.31. The van der Waals surface area contributed by atoms with Gasteiger partial charge in [0.15, 0.2) is 16.6 Å². The minimum Gasteiger partial charge on any atom is -0.486 e. The van der Waals surface area contributed by atoms with E-state index in [9.17, 15) is 4.79 Å². The summed E-state index contributed by atoms with van der Waals surface area (Å²) in [5.74, 6) is 2.22. The Balaban J connectivity index is 1.51. The number of carbonyl (C=O) groups is 1. The molecule has 3 atom stereocenters. The van der Waals surface area contributed by atoms with Crippen LogP contribution in [0.15, 0.2) is 18.2 Å². The smallest absolute Gasteiger partial charge is 0.269 e. The molecule has 0 radical (unpaired) electrons. The molecule has 0 spiro atoms. The quantitative estimate of drug-likeness (QED) is 0.554. The van der Waals surface area contributed by atoms with E-state index in [-0.39, 0.29) is 5.91 Å². The number of carbonyl (C=O) groups excluding carboxylic acids is 1. The lowest BCUT2D eigenvalue weighted by molar-refractivity contribution is 0.0942. The lowest BCUT2D eigenvalue weighted by Crippen LogP contribution is -2.52. The number of amides is 1. The van der Waals surface area contributed by atoms with Crippen molar-refractivity contribution in [3.8, 4) is 11.5 Å². The molecule has 1 amide bonds. The van der Waals surface area contributed by atoms with Crippen molar-refractivity contribution >= 4 is 23.2 Å². The van der Waals surface area contributed by atoms with Crippen LogP contribution in [-0.2, 0) is 0 Å². The molecule has 0 aromatic heterocycles. The average Bonchev–Trinajstić information content (AvgIpc) is 2.63. The minimum atomic E-state index is -0.272. The Kier molecular flexibility index (Phi) is 5.63. The van der Waals surface area contributed by atoms with E-state index in [1.54, 1.807) is 18.2 Å². The number of benzene rings is 1. The molecule has 0 bridgehead atoms. The van der Waals surface area contributed by atoms with Crippen molar-refractivity contribution in [1.29, 1.82) is 0 Å². The van der Waals surface area contributed by atoms with Crippen LogP contribution in [0.4, 0.5) is 0 Å². The second kappa shape index (κ2) is 7.91. The second-order valence-electron chi connectivity index (χ2n) is 6.78. The summed E-state index contributed by atoms with van der Waals surface area (Å²) in [6, 6.07) is 5.46. The fourth-order valence-electron chi connectivity index (χ4n) is 3.36. The zero-order valence-corrected chi connectivity index (χ0v) is 15.4. The zero-order valence-electron chi connectivity index (χ0n) is 14.6. The van der Waals surface area contributed by atoms with Gasteiger partial charge >= 0.3 is 0 Å². The zero-order chi connectivity index (χ0) is 17.8. The number of hydrogen-bond donors (Lipinski definition) is 3. The Morgan fingerprint density at radius 2 is 1.88 bits per heavy atom. The maximum Gasteiger partial charge on any atom is 0.269 e. The predicted octanol–water partition coefficient (Wildman–Crippen LogP) is 2.39. The molecule has 1 heterocycles. The van der Waals surface area contributed by atoms with E-state index in [1.165, 1.54) is 12.8 Å². The fraction of sp³-hybridized carbons (Fsp3) is 0.556. The van der Waals surface area contributed by atoms with Crippen molar-refractivity contribution in [3.05, 3.63) is 23.8 Å². The molecule has 1 fully saturated rings. The number of nitrogens with one attached hydrogen (secondary N) is 3. The third kappa shape index (κ3) is 4.34. The molecule has 0 saturated heterocycles. The number of thiocarbonyl (C=S) groups is 1. The van der Waals surface area contributed by atoms with Gasteiger partial charge in [-0.3, -0.25) is 15.6 Å². The van der Waals surface area contributed by atoms with Gasteiger partial charge < -0.3 is 14.8 Å². The van der Waals surface area contributed by atoms with Crippen molar-refractivity contribution in [1.82, 2.24) is 16.2 Å². The van der Waals surface area contributed by atoms with Crippen LogP contribution in [0, 0.1) is 11.8 Å². The van der Waals surface area contributed by atoms with Gasteiger partial charge in [0.25, 0.3) is 5.91 Å². The maximum atomic E-state index is 12.3. The molecule has 25 heavy (non-hydrogen) atoms. The highest BCUT2D eigenvalue weighted by atomic mass is 32.1. The molecule has 1 aromatic rings. The summed E-state index contributed by atoms with van der Waals surface area (Å²) in [5.41, 5.74) is 5.91. The summed E-state index contributed by atoms with van der Waals surface area (Å²) in [4.78, 5) is 12.3. The van der Waals surface area contributed by atoms with Crippen molar-refractivity contribution in [2.45, 2.75) is 39.2 Å². The van der Waals surface area contributed by atoms with E-state index in [0.717, 1.165) is 6.42 Å². The Morgan fingerprint density at radius 1 is 1.12 bits per heavy atom. The first-order valence-corrected chi connectivity index (χ1v) is 9.22. The van der Waals surface area contributed by atoms with Gasteiger partial charge in [-0.1, -0.05) is 26.7 Å². The molecule has 2 aliphatic rings. The van der Waals surface area contributed by atoms with Crippen LogP contribution in [0.1, 0.15) is 43.5 Å². The molecule has 1 aromatic carbocycles. The van der Waals surface area contributed by atoms with E-state index in [2.05, 4.69) is 30.0 Å². The summed E-state index contributed by atoms with van der Waals surface area (Å²) in [5, 5.41) is 3.76. The standard InChI is InChI=1S/C18H25N3O3S/c1-11-4-3-5-14(12(11)2)19-18(25)21-20-17(22)13-6-7-15-16(10-13)24-9-8-23-15/h6-7,10-12,14H,3-5,8-9H2,1-2H3,(H,20,22)(H2,19,21,25)/t11-,12-,14+/m1/s1. The van der Waals surface area contributed by atoms with Gasteiger partial charge in [-0.05, 0) is 48.7 Å². The monoisotopic (exact) mass is 363 g/mol. The van der Waals surface area contributed by atoms with Gasteiger partial charge in [0.05, 0.1) is 0 Å². The Morgan fingerprint density at radius 3 is 2.68 bits per heavy atom. The number of rotatable bonds is 2. The minimum absolute atomic E-state index is 0.272. The lowest BCUT2D eigenvalue weighted by atomic mass is 9.78. The average molecular weight is 363 g/mol. The molecule has 3 N–H and O–H groups in total. The van der Waals surface area contributed by atoms with E-state index >= 15 is 0 Å². The van der Waals surface area contributed by atoms with Crippen molar-refractivity contribution in [2.75, 3.05) is 13.2 Å². The first-order chi connectivity index (χ1) is 12.0. The van der Waals surface area contributed by atoms with Crippen LogP contribution in [0.3, 0.4) is 0 Å². The van der Waals surface area contributed by atoms with Crippen LogP contribution in [0.25, 0.3) is 0 Å². The van der Waals surface area contributed by atoms with E-state index in [0.29, 0.717) is 53.3 Å². The number of fused-ring (bicyclic) bond motifs is 1. The Hall–Kier alpha value is -2.02. The van der Waals surface area contributed by atoms with Gasteiger partial charge in [0.2, 0.25) is 0 Å². The largest absolute Gasteiger partial charge is 0.486 e. The number of hydrogen-bond acceptors (Lipinski definition) is 4. The molecule has 7 heteroatoms. The number of ether oxygens (including phenoxy) is 2. The van der Waals surface area contributed by atoms with Gasteiger partial charge in [-0.25, -0.2) is 0 Å². The fourth-order valence-corrected chi connectivity index (χ4v) is 3.56. The first kappa shape index (κ1) is 17.8. The summed E-state index contributed by atoms with van der Waals surface area (Å²) in [6.45, 7) is 5.54. The first-order valence-electron chi connectivity index (χ1n) is 8.81. The maximum absolute atomic E-state index is 12.3. The molecule has 3 rings (SSSR count). The van der Waals surface area contributed by atoms with Crippen molar-refractivity contribution in [2.24, 2.45) is 11.8 Å². The second-order valence-corrected chi connectivity index (χ2v) is 7.19. The molecule has 0 unspecified atom stereocenters. The topological polar surface area (TPSA) is 71.6 Å². The summed E-state index contributed by atoms with van der Waals surface area (Å²) in [7, 11) is 0. The Labute approximate surface area is 153 Å². The molecule has 6 nitrogen and oxygen atoms in total. The van der Waals surface area contributed by atoms with Gasteiger partial charge in [-0.15, -0.1) is 0 Å². The van der Waals surface area contributed by atoms with E-state index < -0.39 is 0 Å². The Bertz CT molecular complexity index is 652. The van der Waals surface area contributed by atoms with Gasteiger partial charge in [0, 0.05) is 11.6 Å². The lowest BCUT2D eigenvalue weighted by Gasteiger charge is -2.35. The van der Waals surface area contributed by atoms with E-state index in [4.69, 9.17) is 21.7 Å². The molecular formula is C18H25N3O3S. The number of hydrazine groups is 1. The molecule has 136 valence electrons. The van der Waals surface area contributed by atoms with Crippen LogP contribution < -0.4 is 25.6 Å². The normalized spacial score (nSPS) is 25.0. The van der Waals surface area contributed by atoms with Crippen molar-refractivity contribution < 1.29 is 14.3 Å². The third-order valence-corrected chi connectivity index (χ3v) is 5.34. The summed E-state index contributed by atoms with van der Waals surface area (Å²) in [6.07, 6.45) is 3.57. The molecule has 1 aliphatic heterocycles. The van der Waals surface area contributed by atoms with Crippen LogP contribution in [0.5, 0.6) is 11.5 Å². The molecular weight excluding hydrogens is 338 g/mol. The van der Waals surface area contributed by atoms with Crippen LogP contribution in [-0.4, -0.2) is 30.3 Å². The third-order valence-electron chi connectivity index (χ3n) is 5.12. The summed E-state index contributed by atoms with van der Waals surface area (Å²) >= 11 is 5.31. The van der Waals surface area contributed by atoms with E-state index in [1.807, 2.05) is 0 Å². The van der Waals surface area contributed by atoms with Gasteiger partial charge in [0.1, 0.15) is 13.2 Å². The molecule has 1 saturated carbocycles. The highest BCUT2D eigenvalue weighted by Gasteiger charge is 2.27. The van der Waals surface area contributed by atoms with Crippen molar-refractivity contribution in [3.63, 3.8) is 0 Å². The SMILES string of the molecule is C[C@@H]1[C@H](C)CCC[C@@H]1NC(=S)NNC(=O)c1ccc2c(c1)OCCO2. The predicted molar refractivity (Wildman–Crippen MR) is 99.7 cm³/mol. The highest BCUT2D eigenvalue weighted by molar-refractivity contribution is 7.80.